The highest BCUT2D eigenvalue weighted by Gasteiger charge is 2.35. The number of sulfonamides is 1. The zero-order valence-electron chi connectivity index (χ0n) is 10.7. The second kappa shape index (κ2) is 5.67. The molecule has 1 aliphatic carbocycles. The lowest BCUT2D eigenvalue weighted by Gasteiger charge is -2.33. The monoisotopic (exact) mass is 260 g/mol. The van der Waals surface area contributed by atoms with Gasteiger partial charge in [-0.3, -0.25) is 0 Å². The van der Waals surface area contributed by atoms with Crippen LogP contribution >= 0.6 is 0 Å². The SMILES string of the molecule is CCNC1CCN(S(=O)(=O)C2CCCC2)CC1. The third-order valence-corrected chi connectivity index (χ3v) is 6.43. The molecule has 2 aliphatic rings. The Morgan fingerprint density at radius 3 is 2.24 bits per heavy atom. The molecule has 0 unspecified atom stereocenters. The first-order valence-electron chi connectivity index (χ1n) is 6.87. The lowest BCUT2D eigenvalue weighted by Crippen LogP contribution is -2.47. The predicted octanol–water partition coefficient (Wildman–Crippen LogP) is 1.33. The van der Waals surface area contributed by atoms with Crippen molar-refractivity contribution in [3.63, 3.8) is 0 Å². The molecule has 0 aromatic carbocycles. The summed E-state index contributed by atoms with van der Waals surface area (Å²) in [6.45, 7) is 4.48. The highest BCUT2D eigenvalue weighted by Crippen LogP contribution is 2.28. The average Bonchev–Trinajstić information content (AvgIpc) is 2.84. The van der Waals surface area contributed by atoms with Gasteiger partial charge in [0.1, 0.15) is 0 Å². The van der Waals surface area contributed by atoms with Crippen molar-refractivity contribution < 1.29 is 8.42 Å². The lowest BCUT2D eigenvalue weighted by molar-refractivity contribution is 0.289. The zero-order chi connectivity index (χ0) is 12.3. The van der Waals surface area contributed by atoms with E-state index in [0.717, 1.165) is 45.1 Å². The minimum atomic E-state index is -2.99. The molecule has 0 atom stereocenters. The van der Waals surface area contributed by atoms with Crippen molar-refractivity contribution in [1.82, 2.24) is 9.62 Å². The van der Waals surface area contributed by atoms with Crippen LogP contribution in [0.1, 0.15) is 45.4 Å². The van der Waals surface area contributed by atoms with E-state index in [1.165, 1.54) is 0 Å². The van der Waals surface area contributed by atoms with Gasteiger partial charge >= 0.3 is 0 Å². The van der Waals surface area contributed by atoms with Gasteiger partial charge in [0, 0.05) is 19.1 Å². The largest absolute Gasteiger partial charge is 0.314 e. The van der Waals surface area contributed by atoms with Crippen molar-refractivity contribution in [2.45, 2.75) is 56.7 Å². The van der Waals surface area contributed by atoms with Crippen molar-refractivity contribution in [3.8, 4) is 0 Å². The molecule has 0 aromatic heterocycles. The second-order valence-electron chi connectivity index (χ2n) is 5.18. The first kappa shape index (κ1) is 13.3. The predicted molar refractivity (Wildman–Crippen MR) is 69.4 cm³/mol. The van der Waals surface area contributed by atoms with Crippen molar-refractivity contribution in [2.75, 3.05) is 19.6 Å². The molecule has 100 valence electrons. The highest BCUT2D eigenvalue weighted by atomic mass is 32.2. The van der Waals surface area contributed by atoms with Gasteiger partial charge in [-0.1, -0.05) is 19.8 Å². The standard InChI is InChI=1S/C12H24N2O2S/c1-2-13-11-7-9-14(10-8-11)17(15,16)12-5-3-4-6-12/h11-13H,2-10H2,1H3. The molecule has 17 heavy (non-hydrogen) atoms. The number of hydrogen-bond donors (Lipinski definition) is 1. The summed E-state index contributed by atoms with van der Waals surface area (Å²) in [4.78, 5) is 0. The molecule has 2 fully saturated rings. The minimum absolute atomic E-state index is 0.0850. The molecule has 1 saturated carbocycles. The molecule has 0 radical (unpaired) electrons. The van der Waals surface area contributed by atoms with E-state index in [2.05, 4.69) is 12.2 Å². The zero-order valence-corrected chi connectivity index (χ0v) is 11.5. The molecule has 4 nitrogen and oxygen atoms in total. The van der Waals surface area contributed by atoms with Gasteiger partial charge in [0.05, 0.1) is 5.25 Å². The van der Waals surface area contributed by atoms with Gasteiger partial charge in [-0.2, -0.15) is 0 Å². The van der Waals surface area contributed by atoms with Crippen LogP contribution in [0.5, 0.6) is 0 Å². The van der Waals surface area contributed by atoms with E-state index in [9.17, 15) is 8.42 Å². The highest BCUT2D eigenvalue weighted by molar-refractivity contribution is 7.89. The number of hydrogen-bond acceptors (Lipinski definition) is 3. The third kappa shape index (κ3) is 3.01. The molecule has 2 rings (SSSR count). The first-order valence-corrected chi connectivity index (χ1v) is 8.37. The van der Waals surface area contributed by atoms with Crippen LogP contribution in [0.4, 0.5) is 0 Å². The molecule has 1 aliphatic heterocycles. The van der Waals surface area contributed by atoms with Crippen LogP contribution < -0.4 is 5.32 Å². The summed E-state index contributed by atoms with van der Waals surface area (Å²) >= 11 is 0. The molecule has 1 N–H and O–H groups in total. The van der Waals surface area contributed by atoms with Crippen molar-refractivity contribution in [2.24, 2.45) is 0 Å². The van der Waals surface area contributed by atoms with Crippen LogP contribution in [0.2, 0.25) is 0 Å². The summed E-state index contributed by atoms with van der Waals surface area (Å²) in [5.41, 5.74) is 0. The smallest absolute Gasteiger partial charge is 0.216 e. The van der Waals surface area contributed by atoms with Gasteiger partial charge in [-0.25, -0.2) is 12.7 Å². The van der Waals surface area contributed by atoms with E-state index in [1.54, 1.807) is 4.31 Å². The van der Waals surface area contributed by atoms with E-state index in [1.807, 2.05) is 0 Å². The molecule has 5 heteroatoms. The Hall–Kier alpha value is -0.130. The van der Waals surface area contributed by atoms with E-state index < -0.39 is 10.0 Å². The Kier molecular flexibility index (Phi) is 4.44. The summed E-state index contributed by atoms with van der Waals surface area (Å²) in [6.07, 6.45) is 5.82. The summed E-state index contributed by atoms with van der Waals surface area (Å²) in [6, 6.07) is 0.509. The van der Waals surface area contributed by atoms with Crippen molar-refractivity contribution >= 4 is 10.0 Å². The summed E-state index contributed by atoms with van der Waals surface area (Å²) < 4.78 is 26.4. The van der Waals surface area contributed by atoms with Crippen LogP contribution in [-0.2, 0) is 10.0 Å². The fourth-order valence-corrected chi connectivity index (χ4v) is 5.07. The maximum atomic E-state index is 12.4. The molecule has 0 aromatic rings. The number of piperidine rings is 1. The Labute approximate surface area is 105 Å². The molecule has 0 amide bonds. The van der Waals surface area contributed by atoms with Crippen LogP contribution in [0, 0.1) is 0 Å². The summed E-state index contributed by atoms with van der Waals surface area (Å²) in [5.74, 6) is 0. The molecule has 0 bridgehead atoms. The minimum Gasteiger partial charge on any atom is -0.314 e. The normalized spacial score (nSPS) is 25.5. The van der Waals surface area contributed by atoms with Crippen LogP contribution in [0.15, 0.2) is 0 Å². The Morgan fingerprint density at radius 2 is 1.71 bits per heavy atom. The van der Waals surface area contributed by atoms with Gasteiger partial charge in [-0.05, 0) is 32.2 Å². The van der Waals surface area contributed by atoms with Gasteiger partial charge < -0.3 is 5.32 Å². The van der Waals surface area contributed by atoms with Crippen LogP contribution in [0.3, 0.4) is 0 Å². The average molecular weight is 260 g/mol. The maximum absolute atomic E-state index is 12.4. The summed E-state index contributed by atoms with van der Waals surface area (Å²) in [5, 5.41) is 3.32. The van der Waals surface area contributed by atoms with Gasteiger partial charge in [0.15, 0.2) is 0 Å². The molecule has 1 heterocycles. The Balaban J connectivity index is 1.91. The maximum Gasteiger partial charge on any atom is 0.216 e. The van der Waals surface area contributed by atoms with Gasteiger partial charge in [-0.15, -0.1) is 0 Å². The number of nitrogens with one attached hydrogen (secondary N) is 1. The van der Waals surface area contributed by atoms with E-state index >= 15 is 0 Å². The van der Waals surface area contributed by atoms with Gasteiger partial charge in [0.2, 0.25) is 10.0 Å². The van der Waals surface area contributed by atoms with E-state index in [0.29, 0.717) is 19.1 Å². The second-order valence-corrected chi connectivity index (χ2v) is 7.40. The Morgan fingerprint density at radius 1 is 1.12 bits per heavy atom. The van der Waals surface area contributed by atoms with E-state index in [-0.39, 0.29) is 5.25 Å². The number of nitrogens with zero attached hydrogens (tertiary/aromatic N) is 1. The van der Waals surface area contributed by atoms with Crippen molar-refractivity contribution in [1.29, 1.82) is 0 Å². The van der Waals surface area contributed by atoms with Crippen molar-refractivity contribution in [3.05, 3.63) is 0 Å². The topological polar surface area (TPSA) is 49.4 Å². The lowest BCUT2D eigenvalue weighted by atomic mass is 10.1. The Bertz CT molecular complexity index is 328. The molecular weight excluding hydrogens is 236 g/mol. The third-order valence-electron chi connectivity index (χ3n) is 4.03. The fourth-order valence-electron chi connectivity index (χ4n) is 3.00. The fraction of sp³-hybridized carbons (Fsp3) is 1.00. The quantitative estimate of drug-likeness (QED) is 0.829. The summed E-state index contributed by atoms with van der Waals surface area (Å²) in [7, 11) is -2.99. The molecular formula is C12H24N2O2S. The first-order chi connectivity index (χ1) is 8.14. The van der Waals surface area contributed by atoms with Crippen LogP contribution in [0.25, 0.3) is 0 Å². The molecule has 1 saturated heterocycles. The van der Waals surface area contributed by atoms with Crippen LogP contribution in [-0.4, -0.2) is 43.6 Å². The van der Waals surface area contributed by atoms with Gasteiger partial charge in [0.25, 0.3) is 0 Å². The van der Waals surface area contributed by atoms with E-state index in [4.69, 9.17) is 0 Å². The number of rotatable bonds is 4. The molecule has 0 spiro atoms.